The molecule has 0 saturated heterocycles. The lowest BCUT2D eigenvalue weighted by atomic mass is 10.2. The number of hydrogen-bond acceptors (Lipinski definition) is 4. The van der Waals surface area contributed by atoms with Gasteiger partial charge in [0.05, 0.1) is 6.20 Å². The largest absolute Gasteiger partial charge is 0.492 e. The first-order valence-electron chi connectivity index (χ1n) is 6.73. The van der Waals surface area contributed by atoms with Crippen molar-refractivity contribution < 1.29 is 4.74 Å². The Morgan fingerprint density at radius 3 is 2.67 bits per heavy atom. The Labute approximate surface area is 130 Å². The first-order chi connectivity index (χ1) is 10.0. The number of ether oxygens (including phenoxy) is 1. The van der Waals surface area contributed by atoms with E-state index in [0.29, 0.717) is 11.6 Å². The van der Waals surface area contributed by atoms with Crippen LogP contribution in [0.2, 0.25) is 0 Å². The molecule has 1 aromatic carbocycles. The predicted molar refractivity (Wildman–Crippen MR) is 87.4 cm³/mol. The van der Waals surface area contributed by atoms with Crippen molar-refractivity contribution in [2.24, 2.45) is 12.8 Å². The van der Waals surface area contributed by atoms with E-state index in [1.807, 2.05) is 48.4 Å². The molecule has 2 N–H and O–H groups in total. The van der Waals surface area contributed by atoms with Crippen molar-refractivity contribution in [1.82, 2.24) is 14.7 Å². The smallest absolute Gasteiger partial charge is 0.119 e. The molecule has 0 unspecified atom stereocenters. The van der Waals surface area contributed by atoms with Gasteiger partial charge in [-0.2, -0.15) is 5.10 Å². The molecule has 0 atom stereocenters. The summed E-state index contributed by atoms with van der Waals surface area (Å²) in [5.74, 6) is 0.824. The summed E-state index contributed by atoms with van der Waals surface area (Å²) < 4.78 is 7.52. The number of hydrogen-bond donors (Lipinski definition) is 1. The van der Waals surface area contributed by atoms with Gasteiger partial charge in [-0.3, -0.25) is 9.58 Å². The maximum atomic E-state index is 5.71. The minimum atomic E-state index is 0.401. The molecule has 1 aromatic heterocycles. The number of aryl methyl sites for hydroxylation is 1. The van der Waals surface area contributed by atoms with Crippen LogP contribution in [0.3, 0.4) is 0 Å². The van der Waals surface area contributed by atoms with Gasteiger partial charge < -0.3 is 10.5 Å². The third-order valence-electron chi connectivity index (χ3n) is 3.09. The molecule has 112 valence electrons. The molecule has 0 spiro atoms. The third-order valence-corrected chi connectivity index (χ3v) is 3.33. The maximum Gasteiger partial charge on any atom is 0.119 e. The molecule has 0 aliphatic rings. The van der Waals surface area contributed by atoms with E-state index in [4.69, 9.17) is 22.7 Å². The molecule has 0 amide bonds. The van der Waals surface area contributed by atoms with E-state index in [1.165, 1.54) is 5.56 Å². The first kappa shape index (κ1) is 15.5. The van der Waals surface area contributed by atoms with Gasteiger partial charge in [0.1, 0.15) is 17.3 Å². The molecule has 0 radical (unpaired) electrons. The Kier molecular flexibility index (Phi) is 5.30. The Balaban J connectivity index is 1.74. The van der Waals surface area contributed by atoms with Crippen LogP contribution in [0, 0.1) is 0 Å². The summed E-state index contributed by atoms with van der Waals surface area (Å²) in [4.78, 5) is 2.60. The van der Waals surface area contributed by atoms with Gasteiger partial charge in [-0.15, -0.1) is 0 Å². The molecule has 2 rings (SSSR count). The first-order valence-corrected chi connectivity index (χ1v) is 7.14. The average molecular weight is 304 g/mol. The van der Waals surface area contributed by atoms with Crippen molar-refractivity contribution in [3.63, 3.8) is 0 Å². The number of nitrogens with zero attached hydrogens (tertiary/aromatic N) is 3. The zero-order valence-electron chi connectivity index (χ0n) is 12.3. The van der Waals surface area contributed by atoms with E-state index < -0.39 is 0 Å². The van der Waals surface area contributed by atoms with Gasteiger partial charge >= 0.3 is 0 Å². The third kappa shape index (κ3) is 4.84. The Bertz CT molecular complexity index is 594. The summed E-state index contributed by atoms with van der Waals surface area (Å²) in [6, 6.07) is 7.51. The van der Waals surface area contributed by atoms with Crippen LogP contribution in [0.25, 0.3) is 0 Å². The SMILES string of the molecule is CN(CCOc1ccc(C(N)=S)cc1)Cc1cnn(C)c1. The fourth-order valence-electron chi connectivity index (χ4n) is 1.98. The quantitative estimate of drug-likeness (QED) is 0.787. The summed E-state index contributed by atoms with van der Waals surface area (Å²) in [6.45, 7) is 2.33. The van der Waals surface area contributed by atoms with Crippen LogP contribution in [-0.4, -0.2) is 39.9 Å². The summed E-state index contributed by atoms with van der Waals surface area (Å²) in [7, 11) is 3.98. The Morgan fingerprint density at radius 2 is 2.10 bits per heavy atom. The lowest BCUT2D eigenvalue weighted by Crippen LogP contribution is -2.23. The molecule has 0 aliphatic heterocycles. The lowest BCUT2D eigenvalue weighted by molar-refractivity contribution is 0.233. The summed E-state index contributed by atoms with van der Waals surface area (Å²) in [5, 5.41) is 4.16. The summed E-state index contributed by atoms with van der Waals surface area (Å²) in [5.41, 5.74) is 7.60. The fourth-order valence-corrected chi connectivity index (χ4v) is 2.12. The van der Waals surface area contributed by atoms with Crippen molar-refractivity contribution >= 4 is 17.2 Å². The molecular formula is C15H20N4OS. The highest BCUT2D eigenvalue weighted by Crippen LogP contribution is 2.12. The number of nitrogens with two attached hydrogens (primary N) is 1. The van der Waals surface area contributed by atoms with Gasteiger partial charge in [-0.05, 0) is 31.3 Å². The van der Waals surface area contributed by atoms with E-state index in [1.54, 1.807) is 0 Å². The average Bonchev–Trinajstić information content (AvgIpc) is 2.84. The van der Waals surface area contributed by atoms with Crippen molar-refractivity contribution in [2.75, 3.05) is 20.2 Å². The van der Waals surface area contributed by atoms with Crippen LogP contribution in [0.5, 0.6) is 5.75 Å². The molecule has 0 aliphatic carbocycles. The second kappa shape index (κ2) is 7.19. The van der Waals surface area contributed by atoms with Crippen molar-refractivity contribution in [1.29, 1.82) is 0 Å². The number of likely N-dealkylation sites (N-methyl/N-ethyl adjacent to an activating group) is 1. The van der Waals surface area contributed by atoms with E-state index >= 15 is 0 Å². The Morgan fingerprint density at radius 1 is 1.38 bits per heavy atom. The van der Waals surface area contributed by atoms with Gasteiger partial charge in [0, 0.05) is 37.5 Å². The van der Waals surface area contributed by atoms with E-state index in [2.05, 4.69) is 17.0 Å². The number of thiocarbonyl (C=S) groups is 1. The van der Waals surface area contributed by atoms with Crippen molar-refractivity contribution in [3.8, 4) is 5.75 Å². The fraction of sp³-hybridized carbons (Fsp3) is 0.333. The van der Waals surface area contributed by atoms with Gasteiger partial charge in [0.25, 0.3) is 0 Å². The van der Waals surface area contributed by atoms with Crippen molar-refractivity contribution in [2.45, 2.75) is 6.54 Å². The molecule has 1 heterocycles. The van der Waals surface area contributed by atoms with Gasteiger partial charge in [0.15, 0.2) is 0 Å². The molecule has 2 aromatic rings. The highest BCUT2D eigenvalue weighted by atomic mass is 32.1. The minimum absolute atomic E-state index is 0.401. The molecular weight excluding hydrogens is 284 g/mol. The summed E-state index contributed by atoms with van der Waals surface area (Å²) in [6.07, 6.45) is 3.90. The second-order valence-corrected chi connectivity index (χ2v) is 5.44. The highest BCUT2D eigenvalue weighted by Gasteiger charge is 2.03. The standard InChI is InChI=1S/C15H20N4OS/c1-18(10-12-9-17-19(2)11-12)7-8-20-14-5-3-13(4-6-14)15(16)21/h3-6,9,11H,7-8,10H2,1-2H3,(H2,16,21). The van der Waals surface area contributed by atoms with Crippen LogP contribution in [-0.2, 0) is 13.6 Å². The molecule has 6 heteroatoms. The highest BCUT2D eigenvalue weighted by molar-refractivity contribution is 7.80. The lowest BCUT2D eigenvalue weighted by Gasteiger charge is -2.16. The monoisotopic (exact) mass is 304 g/mol. The van der Waals surface area contributed by atoms with Crippen LogP contribution in [0.15, 0.2) is 36.7 Å². The van der Waals surface area contributed by atoms with Crippen LogP contribution in [0.4, 0.5) is 0 Å². The van der Waals surface area contributed by atoms with E-state index in [0.717, 1.165) is 24.4 Å². The van der Waals surface area contributed by atoms with Gasteiger partial charge in [-0.25, -0.2) is 0 Å². The normalized spacial score (nSPS) is 10.8. The number of rotatable bonds is 7. The second-order valence-electron chi connectivity index (χ2n) is 5.00. The zero-order valence-corrected chi connectivity index (χ0v) is 13.1. The van der Waals surface area contributed by atoms with Crippen LogP contribution in [0.1, 0.15) is 11.1 Å². The predicted octanol–water partition coefficient (Wildman–Crippen LogP) is 1.57. The van der Waals surface area contributed by atoms with Crippen LogP contribution >= 0.6 is 12.2 Å². The molecule has 21 heavy (non-hydrogen) atoms. The molecule has 0 saturated carbocycles. The van der Waals surface area contributed by atoms with Crippen molar-refractivity contribution in [3.05, 3.63) is 47.8 Å². The Hall–Kier alpha value is -1.92. The topological polar surface area (TPSA) is 56.3 Å². The zero-order chi connectivity index (χ0) is 15.2. The molecule has 0 bridgehead atoms. The molecule has 0 fully saturated rings. The minimum Gasteiger partial charge on any atom is -0.492 e. The van der Waals surface area contributed by atoms with Gasteiger partial charge in [0.2, 0.25) is 0 Å². The summed E-state index contributed by atoms with van der Waals surface area (Å²) >= 11 is 4.91. The van der Waals surface area contributed by atoms with Gasteiger partial charge in [-0.1, -0.05) is 12.2 Å². The maximum absolute atomic E-state index is 5.71. The van der Waals surface area contributed by atoms with Crippen LogP contribution < -0.4 is 10.5 Å². The van der Waals surface area contributed by atoms with E-state index in [9.17, 15) is 0 Å². The van der Waals surface area contributed by atoms with E-state index in [-0.39, 0.29) is 0 Å². The number of aromatic nitrogens is 2. The molecule has 5 nitrogen and oxygen atoms in total. The number of benzene rings is 1.